The number of rotatable bonds is 4. The van der Waals surface area contributed by atoms with Crippen LogP contribution in [-0.2, 0) is 13.5 Å². The van der Waals surface area contributed by atoms with Crippen LogP contribution >= 0.6 is 0 Å². The minimum atomic E-state index is 0.169. The summed E-state index contributed by atoms with van der Waals surface area (Å²) in [4.78, 5) is 4.41. The predicted octanol–water partition coefficient (Wildman–Crippen LogP) is 2.29. The Hall–Kier alpha value is -1.61. The molecule has 2 rings (SSSR count). The second kappa shape index (κ2) is 5.15. The Kier molecular flexibility index (Phi) is 3.59. The summed E-state index contributed by atoms with van der Waals surface area (Å²) in [6.07, 6.45) is 4.96. The molecule has 90 valence electrons. The van der Waals surface area contributed by atoms with Gasteiger partial charge in [0.2, 0.25) is 0 Å². The van der Waals surface area contributed by atoms with Gasteiger partial charge in [0.05, 0.1) is 18.1 Å². The predicted molar refractivity (Wildman–Crippen MR) is 69.9 cm³/mol. The monoisotopic (exact) mass is 229 g/mol. The molecular formula is C14H19N3. The van der Waals surface area contributed by atoms with E-state index in [9.17, 15) is 0 Å². The summed E-state index contributed by atoms with van der Waals surface area (Å²) < 4.78 is 1.97. The van der Waals surface area contributed by atoms with E-state index in [1.165, 1.54) is 11.1 Å². The average Bonchev–Trinajstić information content (AvgIpc) is 2.78. The molecular weight excluding hydrogens is 210 g/mol. The molecule has 1 aromatic heterocycles. The molecule has 2 aromatic rings. The Morgan fingerprint density at radius 2 is 2.00 bits per heavy atom. The number of imidazole rings is 1. The maximum atomic E-state index is 4.41. The van der Waals surface area contributed by atoms with E-state index in [4.69, 9.17) is 0 Å². The molecule has 0 saturated heterocycles. The van der Waals surface area contributed by atoms with Gasteiger partial charge in [-0.25, -0.2) is 4.98 Å². The number of nitrogens with zero attached hydrogens (tertiary/aromatic N) is 2. The first-order chi connectivity index (χ1) is 8.24. The van der Waals surface area contributed by atoms with Crippen molar-refractivity contribution in [1.29, 1.82) is 0 Å². The summed E-state index contributed by atoms with van der Waals surface area (Å²) in [5, 5.41) is 3.31. The Morgan fingerprint density at radius 3 is 2.47 bits per heavy atom. The third-order valence-corrected chi connectivity index (χ3v) is 3.03. The van der Waals surface area contributed by atoms with Crippen LogP contribution in [0.1, 0.15) is 29.8 Å². The summed E-state index contributed by atoms with van der Waals surface area (Å²) in [6.45, 7) is 2.17. The maximum absolute atomic E-state index is 4.41. The molecule has 3 heteroatoms. The van der Waals surface area contributed by atoms with Crippen molar-refractivity contribution >= 4 is 0 Å². The largest absolute Gasteiger partial charge is 0.340 e. The summed E-state index contributed by atoms with van der Waals surface area (Å²) in [7, 11) is 3.95. The summed E-state index contributed by atoms with van der Waals surface area (Å²) in [6, 6.07) is 8.89. The molecule has 0 aliphatic heterocycles. The van der Waals surface area contributed by atoms with Crippen molar-refractivity contribution in [2.75, 3.05) is 7.05 Å². The molecule has 0 saturated carbocycles. The summed E-state index contributed by atoms with van der Waals surface area (Å²) in [5.74, 6) is 0. The molecule has 0 spiro atoms. The Morgan fingerprint density at radius 1 is 1.29 bits per heavy atom. The number of aryl methyl sites for hydroxylation is 2. The molecule has 0 fully saturated rings. The molecule has 1 atom stereocenters. The number of nitrogens with one attached hydrogen (secondary N) is 1. The first-order valence-electron chi connectivity index (χ1n) is 5.98. The van der Waals surface area contributed by atoms with Crippen molar-refractivity contribution in [1.82, 2.24) is 14.9 Å². The minimum absolute atomic E-state index is 0.169. The first-order valence-corrected chi connectivity index (χ1v) is 5.98. The van der Waals surface area contributed by atoms with E-state index in [1.54, 1.807) is 0 Å². The first kappa shape index (κ1) is 11.9. The van der Waals surface area contributed by atoms with Gasteiger partial charge in [0.1, 0.15) is 0 Å². The van der Waals surface area contributed by atoms with Gasteiger partial charge in [0.25, 0.3) is 0 Å². The third kappa shape index (κ3) is 2.56. The fourth-order valence-electron chi connectivity index (χ4n) is 2.01. The molecule has 3 nitrogen and oxygen atoms in total. The van der Waals surface area contributed by atoms with Gasteiger partial charge in [-0.1, -0.05) is 31.2 Å². The molecule has 0 aliphatic rings. The van der Waals surface area contributed by atoms with Gasteiger partial charge >= 0.3 is 0 Å². The Labute approximate surface area is 103 Å². The molecule has 0 amide bonds. The molecule has 1 unspecified atom stereocenters. The van der Waals surface area contributed by atoms with Gasteiger partial charge in [-0.15, -0.1) is 0 Å². The van der Waals surface area contributed by atoms with Crippen LogP contribution in [0.4, 0.5) is 0 Å². The topological polar surface area (TPSA) is 29.9 Å². The van der Waals surface area contributed by atoms with Crippen LogP contribution < -0.4 is 5.32 Å². The molecule has 1 N–H and O–H groups in total. The van der Waals surface area contributed by atoms with Crippen molar-refractivity contribution in [2.24, 2.45) is 7.05 Å². The van der Waals surface area contributed by atoms with Crippen LogP contribution in [0.3, 0.4) is 0 Å². The van der Waals surface area contributed by atoms with Gasteiger partial charge in [-0.3, -0.25) is 0 Å². The second-order valence-corrected chi connectivity index (χ2v) is 4.28. The third-order valence-electron chi connectivity index (χ3n) is 3.03. The zero-order valence-electron chi connectivity index (χ0n) is 10.6. The zero-order chi connectivity index (χ0) is 12.3. The van der Waals surface area contributed by atoms with E-state index >= 15 is 0 Å². The van der Waals surface area contributed by atoms with Crippen LogP contribution in [0.5, 0.6) is 0 Å². The summed E-state index contributed by atoms with van der Waals surface area (Å²) >= 11 is 0. The fourth-order valence-corrected chi connectivity index (χ4v) is 2.01. The molecule has 17 heavy (non-hydrogen) atoms. The quantitative estimate of drug-likeness (QED) is 0.871. The van der Waals surface area contributed by atoms with Crippen LogP contribution in [0, 0.1) is 0 Å². The smallest absolute Gasteiger partial charge is 0.0947 e. The van der Waals surface area contributed by atoms with Crippen LogP contribution in [0.25, 0.3) is 0 Å². The van der Waals surface area contributed by atoms with Crippen molar-refractivity contribution < 1.29 is 0 Å². The van der Waals surface area contributed by atoms with Gasteiger partial charge in [-0.2, -0.15) is 0 Å². The fraction of sp³-hybridized carbons (Fsp3) is 0.357. The molecule has 0 aliphatic carbocycles. The molecule has 0 bridgehead atoms. The van der Waals surface area contributed by atoms with E-state index in [0.717, 1.165) is 12.1 Å². The van der Waals surface area contributed by atoms with E-state index in [0.29, 0.717) is 0 Å². The van der Waals surface area contributed by atoms with Crippen molar-refractivity contribution in [3.8, 4) is 0 Å². The lowest BCUT2D eigenvalue weighted by molar-refractivity contribution is 0.673. The van der Waals surface area contributed by atoms with Gasteiger partial charge < -0.3 is 9.88 Å². The lowest BCUT2D eigenvalue weighted by atomic mass is 10.0. The normalized spacial score (nSPS) is 12.6. The van der Waals surface area contributed by atoms with Gasteiger partial charge in [0, 0.05) is 13.2 Å². The van der Waals surface area contributed by atoms with Crippen LogP contribution in [0.2, 0.25) is 0 Å². The van der Waals surface area contributed by atoms with Crippen LogP contribution in [0.15, 0.2) is 36.8 Å². The molecule has 0 radical (unpaired) electrons. The van der Waals surface area contributed by atoms with Gasteiger partial charge in [0.15, 0.2) is 0 Å². The van der Waals surface area contributed by atoms with E-state index in [2.05, 4.69) is 47.7 Å². The lowest BCUT2D eigenvalue weighted by Crippen LogP contribution is -2.18. The summed E-state index contributed by atoms with van der Waals surface area (Å²) in [5.41, 5.74) is 3.67. The highest BCUT2D eigenvalue weighted by molar-refractivity contribution is 5.30. The van der Waals surface area contributed by atoms with E-state index < -0.39 is 0 Å². The van der Waals surface area contributed by atoms with E-state index in [-0.39, 0.29) is 6.04 Å². The van der Waals surface area contributed by atoms with Crippen molar-refractivity contribution in [2.45, 2.75) is 19.4 Å². The van der Waals surface area contributed by atoms with Gasteiger partial charge in [-0.05, 0) is 24.6 Å². The lowest BCUT2D eigenvalue weighted by Gasteiger charge is -2.14. The second-order valence-electron chi connectivity index (χ2n) is 4.28. The standard InChI is InChI=1S/C14H19N3/c1-4-11-5-7-12(8-6-11)14(15-2)13-9-17(3)10-16-13/h5-10,14-15H,4H2,1-3H3. The SMILES string of the molecule is CCc1ccc(C(NC)c2cn(C)cn2)cc1. The number of hydrogen-bond donors (Lipinski definition) is 1. The number of aromatic nitrogens is 2. The average molecular weight is 229 g/mol. The highest BCUT2D eigenvalue weighted by Crippen LogP contribution is 2.20. The minimum Gasteiger partial charge on any atom is -0.340 e. The number of hydrogen-bond acceptors (Lipinski definition) is 2. The van der Waals surface area contributed by atoms with Crippen molar-refractivity contribution in [3.05, 3.63) is 53.6 Å². The van der Waals surface area contributed by atoms with E-state index in [1.807, 2.05) is 25.0 Å². The highest BCUT2D eigenvalue weighted by Gasteiger charge is 2.13. The molecule has 1 heterocycles. The molecule has 1 aromatic carbocycles. The maximum Gasteiger partial charge on any atom is 0.0947 e. The zero-order valence-corrected chi connectivity index (χ0v) is 10.6. The van der Waals surface area contributed by atoms with Crippen LogP contribution in [-0.4, -0.2) is 16.6 Å². The Balaban J connectivity index is 2.28. The highest BCUT2D eigenvalue weighted by atomic mass is 15.0. The van der Waals surface area contributed by atoms with Crippen molar-refractivity contribution in [3.63, 3.8) is 0 Å². The number of benzene rings is 1. The Bertz CT molecular complexity index is 470.